The summed E-state index contributed by atoms with van der Waals surface area (Å²) in [7, 11) is 0. The summed E-state index contributed by atoms with van der Waals surface area (Å²) in [6.07, 6.45) is 4.08. The third kappa shape index (κ3) is 1.89. The summed E-state index contributed by atoms with van der Waals surface area (Å²) in [4.78, 5) is 11.8. The van der Waals surface area contributed by atoms with Gasteiger partial charge in [-0.15, -0.1) is 0 Å². The zero-order valence-electron chi connectivity index (χ0n) is 9.26. The van der Waals surface area contributed by atoms with E-state index in [2.05, 4.69) is 22.4 Å². The third-order valence-electron chi connectivity index (χ3n) is 3.01. The van der Waals surface area contributed by atoms with Crippen LogP contribution in [-0.2, 0) is 12.8 Å². The van der Waals surface area contributed by atoms with Gasteiger partial charge < -0.3 is 5.32 Å². The van der Waals surface area contributed by atoms with Crippen molar-refractivity contribution in [3.8, 4) is 0 Å². The summed E-state index contributed by atoms with van der Waals surface area (Å²) >= 11 is 0. The van der Waals surface area contributed by atoms with Crippen molar-refractivity contribution in [2.45, 2.75) is 45.6 Å². The number of rotatable bonds is 3. The van der Waals surface area contributed by atoms with Crippen LogP contribution in [0, 0.1) is 0 Å². The Labute approximate surface area is 89.5 Å². The zero-order chi connectivity index (χ0) is 10.8. The van der Waals surface area contributed by atoms with Gasteiger partial charge >= 0.3 is 0 Å². The van der Waals surface area contributed by atoms with Crippen molar-refractivity contribution in [1.29, 1.82) is 0 Å². The van der Waals surface area contributed by atoms with Crippen LogP contribution >= 0.6 is 0 Å². The molecule has 1 aliphatic rings. The maximum Gasteiger partial charge on any atom is 0.272 e. The largest absolute Gasteiger partial charge is 0.348 e. The Hall–Kier alpha value is -1.32. The summed E-state index contributed by atoms with van der Waals surface area (Å²) in [6, 6.07) is 0.214. The Morgan fingerprint density at radius 2 is 2.40 bits per heavy atom. The second kappa shape index (κ2) is 4.04. The Morgan fingerprint density at radius 3 is 3.13 bits per heavy atom. The molecule has 1 amide bonds. The molecule has 2 rings (SSSR count). The van der Waals surface area contributed by atoms with Crippen LogP contribution in [-0.4, -0.2) is 22.1 Å². The lowest BCUT2D eigenvalue weighted by molar-refractivity contribution is 0.0933. The molecule has 0 spiro atoms. The smallest absolute Gasteiger partial charge is 0.272 e. The normalized spacial score (nSPS) is 16.1. The molecule has 4 nitrogen and oxygen atoms in total. The first-order valence-corrected chi connectivity index (χ1v) is 5.59. The summed E-state index contributed by atoms with van der Waals surface area (Å²) in [5.41, 5.74) is 2.86. The van der Waals surface area contributed by atoms with Gasteiger partial charge in [0.05, 0.1) is 0 Å². The van der Waals surface area contributed by atoms with Gasteiger partial charge in [0.2, 0.25) is 0 Å². The van der Waals surface area contributed by atoms with Gasteiger partial charge in [0.25, 0.3) is 5.91 Å². The number of nitrogens with zero attached hydrogens (tertiary/aromatic N) is 1. The molecule has 1 aliphatic carbocycles. The molecule has 4 heteroatoms. The van der Waals surface area contributed by atoms with Gasteiger partial charge in [0, 0.05) is 17.3 Å². The van der Waals surface area contributed by atoms with E-state index in [0.29, 0.717) is 5.69 Å². The van der Waals surface area contributed by atoms with E-state index in [0.717, 1.165) is 36.9 Å². The van der Waals surface area contributed by atoms with Crippen LogP contribution in [0.5, 0.6) is 0 Å². The minimum Gasteiger partial charge on any atom is -0.348 e. The van der Waals surface area contributed by atoms with Gasteiger partial charge in [-0.2, -0.15) is 5.10 Å². The summed E-state index contributed by atoms with van der Waals surface area (Å²) in [5.74, 6) is -0.0382. The predicted octanol–water partition coefficient (Wildman–Crippen LogP) is 1.43. The lowest BCUT2D eigenvalue weighted by atomic mass is 10.2. The van der Waals surface area contributed by atoms with Crippen molar-refractivity contribution < 1.29 is 4.79 Å². The molecule has 0 fully saturated rings. The van der Waals surface area contributed by atoms with Gasteiger partial charge in [-0.05, 0) is 32.6 Å². The maximum atomic E-state index is 11.8. The average Bonchev–Trinajstić information content (AvgIpc) is 2.77. The lowest BCUT2D eigenvalue weighted by Gasteiger charge is -2.10. The number of nitrogens with one attached hydrogen (secondary N) is 2. The molecule has 0 bridgehead atoms. The first-order valence-electron chi connectivity index (χ1n) is 5.59. The highest BCUT2D eigenvalue weighted by molar-refractivity contribution is 5.94. The lowest BCUT2D eigenvalue weighted by Crippen LogP contribution is -2.32. The number of aromatic nitrogens is 2. The van der Waals surface area contributed by atoms with Crippen LogP contribution in [0.2, 0.25) is 0 Å². The molecule has 0 saturated heterocycles. The van der Waals surface area contributed by atoms with Crippen LogP contribution in [0.15, 0.2) is 0 Å². The molecular weight excluding hydrogens is 190 g/mol. The molecule has 1 heterocycles. The molecule has 1 atom stereocenters. The first-order chi connectivity index (χ1) is 7.22. The fourth-order valence-corrected chi connectivity index (χ4v) is 1.90. The highest BCUT2D eigenvalue weighted by Crippen LogP contribution is 2.22. The van der Waals surface area contributed by atoms with Crippen LogP contribution < -0.4 is 5.32 Å². The molecular formula is C11H17N3O. The van der Waals surface area contributed by atoms with E-state index >= 15 is 0 Å². The number of hydrogen-bond donors (Lipinski definition) is 2. The van der Waals surface area contributed by atoms with Gasteiger partial charge in [0.1, 0.15) is 0 Å². The maximum absolute atomic E-state index is 11.8. The molecule has 0 aliphatic heterocycles. The Balaban J connectivity index is 2.12. The van der Waals surface area contributed by atoms with Crippen molar-refractivity contribution in [2.75, 3.05) is 0 Å². The molecule has 2 N–H and O–H groups in total. The zero-order valence-corrected chi connectivity index (χ0v) is 9.26. The quantitative estimate of drug-likeness (QED) is 0.787. The number of aryl methyl sites for hydroxylation is 1. The number of aromatic amines is 1. The average molecular weight is 207 g/mol. The topological polar surface area (TPSA) is 57.8 Å². The summed E-state index contributed by atoms with van der Waals surface area (Å²) in [5, 5.41) is 9.98. The first kappa shape index (κ1) is 10.2. The Kier molecular flexibility index (Phi) is 2.75. The molecule has 15 heavy (non-hydrogen) atoms. The van der Waals surface area contributed by atoms with Crippen molar-refractivity contribution >= 4 is 5.91 Å². The van der Waals surface area contributed by atoms with Gasteiger partial charge in [-0.25, -0.2) is 0 Å². The number of fused-ring (bicyclic) bond motifs is 1. The number of hydrogen-bond acceptors (Lipinski definition) is 2. The molecule has 1 aromatic rings. The van der Waals surface area contributed by atoms with Crippen LogP contribution in [0.1, 0.15) is 48.4 Å². The summed E-state index contributed by atoms with van der Waals surface area (Å²) < 4.78 is 0. The number of H-pyrrole nitrogens is 1. The standard InChI is InChI=1S/C11H17N3O/c1-3-7(2)12-11(15)10-8-5-4-6-9(8)13-14-10/h7H,3-6H2,1-2H3,(H,12,15)(H,13,14). The molecule has 0 saturated carbocycles. The monoisotopic (exact) mass is 207 g/mol. The molecule has 0 radical (unpaired) electrons. The second-order valence-electron chi connectivity index (χ2n) is 4.17. The van der Waals surface area contributed by atoms with Crippen molar-refractivity contribution in [3.05, 3.63) is 17.0 Å². The van der Waals surface area contributed by atoms with Crippen LogP contribution in [0.3, 0.4) is 0 Å². The van der Waals surface area contributed by atoms with E-state index in [-0.39, 0.29) is 11.9 Å². The fraction of sp³-hybridized carbons (Fsp3) is 0.636. The number of carbonyl (C=O) groups excluding carboxylic acids is 1. The molecule has 0 aromatic carbocycles. The van der Waals surface area contributed by atoms with E-state index in [4.69, 9.17) is 0 Å². The van der Waals surface area contributed by atoms with Gasteiger partial charge in [0.15, 0.2) is 5.69 Å². The minimum atomic E-state index is -0.0382. The Bertz CT molecular complexity index is 370. The second-order valence-corrected chi connectivity index (χ2v) is 4.17. The summed E-state index contributed by atoms with van der Waals surface area (Å²) in [6.45, 7) is 4.06. The fourth-order valence-electron chi connectivity index (χ4n) is 1.90. The number of carbonyl (C=O) groups is 1. The van der Waals surface area contributed by atoms with E-state index in [1.807, 2.05) is 6.92 Å². The Morgan fingerprint density at radius 1 is 1.60 bits per heavy atom. The van der Waals surface area contributed by atoms with Gasteiger partial charge in [-0.3, -0.25) is 9.89 Å². The number of amides is 1. The van der Waals surface area contributed by atoms with Crippen LogP contribution in [0.4, 0.5) is 0 Å². The van der Waals surface area contributed by atoms with Crippen molar-refractivity contribution in [1.82, 2.24) is 15.5 Å². The van der Waals surface area contributed by atoms with Crippen molar-refractivity contribution in [2.24, 2.45) is 0 Å². The van der Waals surface area contributed by atoms with E-state index in [1.54, 1.807) is 0 Å². The van der Waals surface area contributed by atoms with E-state index in [9.17, 15) is 4.79 Å². The van der Waals surface area contributed by atoms with E-state index < -0.39 is 0 Å². The third-order valence-corrected chi connectivity index (χ3v) is 3.01. The van der Waals surface area contributed by atoms with Crippen molar-refractivity contribution in [3.63, 3.8) is 0 Å². The minimum absolute atomic E-state index is 0.0382. The molecule has 82 valence electrons. The predicted molar refractivity (Wildman–Crippen MR) is 57.8 cm³/mol. The highest BCUT2D eigenvalue weighted by Gasteiger charge is 2.23. The molecule has 1 unspecified atom stereocenters. The highest BCUT2D eigenvalue weighted by atomic mass is 16.2. The molecule has 1 aromatic heterocycles. The van der Waals surface area contributed by atoms with Crippen LogP contribution in [0.25, 0.3) is 0 Å². The van der Waals surface area contributed by atoms with E-state index in [1.165, 1.54) is 0 Å². The SMILES string of the molecule is CCC(C)NC(=O)c1n[nH]c2c1CCC2. The van der Waals surface area contributed by atoms with Gasteiger partial charge in [-0.1, -0.05) is 6.92 Å².